The second-order valence-corrected chi connectivity index (χ2v) is 5.54. The Kier molecular flexibility index (Phi) is 3.76. The van der Waals surface area contributed by atoms with Crippen LogP contribution in [0.5, 0.6) is 0 Å². The number of nitrogens with one attached hydrogen (secondary N) is 1. The Morgan fingerprint density at radius 1 is 1.40 bits per heavy atom. The molecule has 1 atom stereocenters. The molecule has 20 heavy (non-hydrogen) atoms. The molecule has 108 valence electrons. The van der Waals surface area contributed by atoms with E-state index in [-0.39, 0.29) is 0 Å². The summed E-state index contributed by atoms with van der Waals surface area (Å²) in [5, 5.41) is 3.38. The van der Waals surface area contributed by atoms with Crippen molar-refractivity contribution < 1.29 is 0 Å². The standard InChI is InChI=1S/C15H23N5/c1-3-6-16-13-11-20-9-7-17-14(20)15(18-13)19-8-5-12(4-2)10-19/h7,9,11-12,16H,3-6,8,10H2,1-2H3. The first-order valence-electron chi connectivity index (χ1n) is 7.64. The molecule has 1 unspecified atom stereocenters. The van der Waals surface area contributed by atoms with Crippen LogP contribution in [0.15, 0.2) is 18.6 Å². The minimum absolute atomic E-state index is 0.791. The highest BCUT2D eigenvalue weighted by atomic mass is 15.3. The Hall–Kier alpha value is -1.78. The molecule has 2 aromatic heterocycles. The highest BCUT2D eigenvalue weighted by molar-refractivity contribution is 5.67. The van der Waals surface area contributed by atoms with Gasteiger partial charge in [-0.3, -0.25) is 0 Å². The third-order valence-electron chi connectivity index (χ3n) is 4.08. The van der Waals surface area contributed by atoms with Crippen molar-refractivity contribution in [2.45, 2.75) is 33.1 Å². The van der Waals surface area contributed by atoms with Crippen molar-refractivity contribution in [2.75, 3.05) is 29.9 Å². The molecule has 2 aromatic rings. The number of fused-ring (bicyclic) bond motifs is 1. The van der Waals surface area contributed by atoms with Gasteiger partial charge in [-0.1, -0.05) is 20.3 Å². The van der Waals surface area contributed by atoms with Gasteiger partial charge in [0.15, 0.2) is 11.5 Å². The van der Waals surface area contributed by atoms with Crippen LogP contribution in [0.3, 0.4) is 0 Å². The quantitative estimate of drug-likeness (QED) is 0.910. The van der Waals surface area contributed by atoms with E-state index in [0.29, 0.717) is 0 Å². The molecule has 5 heteroatoms. The van der Waals surface area contributed by atoms with Crippen molar-refractivity contribution in [1.82, 2.24) is 14.4 Å². The van der Waals surface area contributed by atoms with Crippen molar-refractivity contribution in [3.05, 3.63) is 18.6 Å². The van der Waals surface area contributed by atoms with Gasteiger partial charge in [-0.05, 0) is 18.8 Å². The Morgan fingerprint density at radius 3 is 3.05 bits per heavy atom. The van der Waals surface area contributed by atoms with E-state index in [9.17, 15) is 0 Å². The molecular weight excluding hydrogens is 250 g/mol. The molecule has 5 nitrogen and oxygen atoms in total. The number of nitrogens with zero attached hydrogens (tertiary/aromatic N) is 4. The van der Waals surface area contributed by atoms with E-state index in [2.05, 4.69) is 33.4 Å². The van der Waals surface area contributed by atoms with Crippen molar-refractivity contribution in [3.8, 4) is 0 Å². The minimum Gasteiger partial charge on any atom is -0.369 e. The second kappa shape index (κ2) is 5.69. The number of aromatic nitrogens is 3. The molecule has 0 radical (unpaired) electrons. The number of hydrogen-bond donors (Lipinski definition) is 1. The third-order valence-corrected chi connectivity index (χ3v) is 4.08. The van der Waals surface area contributed by atoms with Gasteiger partial charge in [0.2, 0.25) is 0 Å². The predicted molar refractivity (Wildman–Crippen MR) is 82.4 cm³/mol. The zero-order chi connectivity index (χ0) is 13.9. The summed E-state index contributed by atoms with van der Waals surface area (Å²) in [4.78, 5) is 11.6. The Morgan fingerprint density at radius 2 is 2.30 bits per heavy atom. The van der Waals surface area contributed by atoms with E-state index in [1.54, 1.807) is 0 Å². The highest BCUT2D eigenvalue weighted by Crippen LogP contribution is 2.27. The number of anilines is 2. The molecule has 0 spiro atoms. The van der Waals surface area contributed by atoms with Crippen LogP contribution in [0.4, 0.5) is 11.6 Å². The molecule has 3 rings (SSSR count). The molecule has 0 saturated carbocycles. The van der Waals surface area contributed by atoms with Crippen LogP contribution < -0.4 is 10.2 Å². The van der Waals surface area contributed by atoms with Gasteiger partial charge < -0.3 is 14.6 Å². The van der Waals surface area contributed by atoms with E-state index in [0.717, 1.165) is 49.3 Å². The molecule has 1 fully saturated rings. The SMILES string of the molecule is CCCNc1cn2ccnc2c(N2CCC(CC)C2)n1. The maximum atomic E-state index is 4.79. The summed E-state index contributed by atoms with van der Waals surface area (Å²) >= 11 is 0. The molecule has 0 amide bonds. The summed E-state index contributed by atoms with van der Waals surface area (Å²) in [6.07, 6.45) is 9.46. The lowest BCUT2D eigenvalue weighted by molar-refractivity contribution is 0.569. The molecule has 0 aromatic carbocycles. The van der Waals surface area contributed by atoms with E-state index in [1.165, 1.54) is 12.8 Å². The molecule has 0 aliphatic carbocycles. The monoisotopic (exact) mass is 273 g/mol. The lowest BCUT2D eigenvalue weighted by Crippen LogP contribution is -2.22. The van der Waals surface area contributed by atoms with Gasteiger partial charge in [-0.15, -0.1) is 0 Å². The fourth-order valence-corrected chi connectivity index (χ4v) is 2.82. The lowest BCUT2D eigenvalue weighted by atomic mass is 10.1. The second-order valence-electron chi connectivity index (χ2n) is 5.54. The van der Waals surface area contributed by atoms with Crippen LogP contribution in [0.2, 0.25) is 0 Å². The Balaban J connectivity index is 1.93. The fraction of sp³-hybridized carbons (Fsp3) is 0.600. The zero-order valence-electron chi connectivity index (χ0n) is 12.3. The van der Waals surface area contributed by atoms with Gasteiger partial charge in [-0.25, -0.2) is 9.97 Å². The maximum absolute atomic E-state index is 4.79. The Labute approximate surface area is 120 Å². The van der Waals surface area contributed by atoms with Gasteiger partial charge in [-0.2, -0.15) is 0 Å². The first-order chi connectivity index (χ1) is 9.81. The molecule has 1 saturated heterocycles. The molecule has 1 N–H and O–H groups in total. The molecule has 3 heterocycles. The van der Waals surface area contributed by atoms with Crippen LogP contribution in [-0.2, 0) is 0 Å². The predicted octanol–water partition coefficient (Wildman–Crippen LogP) is 2.79. The van der Waals surface area contributed by atoms with Gasteiger partial charge >= 0.3 is 0 Å². The van der Waals surface area contributed by atoms with Crippen LogP contribution in [-0.4, -0.2) is 34.0 Å². The first kappa shape index (κ1) is 13.2. The van der Waals surface area contributed by atoms with Crippen molar-refractivity contribution >= 4 is 17.3 Å². The Bertz CT molecular complexity index is 577. The number of rotatable bonds is 5. The highest BCUT2D eigenvalue weighted by Gasteiger charge is 2.24. The normalized spacial score (nSPS) is 18.9. The van der Waals surface area contributed by atoms with Crippen LogP contribution in [0, 0.1) is 5.92 Å². The van der Waals surface area contributed by atoms with Crippen molar-refractivity contribution in [2.24, 2.45) is 5.92 Å². The van der Waals surface area contributed by atoms with E-state index >= 15 is 0 Å². The summed E-state index contributed by atoms with van der Waals surface area (Å²) in [6.45, 7) is 7.57. The van der Waals surface area contributed by atoms with E-state index < -0.39 is 0 Å². The molecule has 1 aliphatic heterocycles. The lowest BCUT2D eigenvalue weighted by Gasteiger charge is -2.19. The van der Waals surface area contributed by atoms with Crippen LogP contribution in [0.1, 0.15) is 33.1 Å². The molecule has 0 bridgehead atoms. The van der Waals surface area contributed by atoms with Crippen molar-refractivity contribution in [1.29, 1.82) is 0 Å². The summed E-state index contributed by atoms with van der Waals surface area (Å²) in [6, 6.07) is 0. The fourth-order valence-electron chi connectivity index (χ4n) is 2.82. The van der Waals surface area contributed by atoms with Gasteiger partial charge in [0, 0.05) is 32.0 Å². The van der Waals surface area contributed by atoms with Crippen LogP contribution >= 0.6 is 0 Å². The average Bonchev–Trinajstić information content (AvgIpc) is 3.12. The van der Waals surface area contributed by atoms with Gasteiger partial charge in [0.1, 0.15) is 5.82 Å². The molecule has 1 aliphatic rings. The summed E-state index contributed by atoms with van der Waals surface area (Å²) in [7, 11) is 0. The third kappa shape index (κ3) is 2.44. The van der Waals surface area contributed by atoms with Crippen molar-refractivity contribution in [3.63, 3.8) is 0 Å². The van der Waals surface area contributed by atoms with Crippen LogP contribution in [0.25, 0.3) is 5.65 Å². The minimum atomic E-state index is 0.791. The number of imidazole rings is 1. The topological polar surface area (TPSA) is 45.5 Å². The molecular formula is C15H23N5. The van der Waals surface area contributed by atoms with Gasteiger partial charge in [0.05, 0.1) is 6.20 Å². The smallest absolute Gasteiger partial charge is 0.180 e. The van der Waals surface area contributed by atoms with E-state index in [1.807, 2.05) is 18.6 Å². The summed E-state index contributed by atoms with van der Waals surface area (Å²) < 4.78 is 2.07. The van der Waals surface area contributed by atoms with E-state index in [4.69, 9.17) is 4.98 Å². The zero-order valence-corrected chi connectivity index (χ0v) is 12.3. The number of hydrogen-bond acceptors (Lipinski definition) is 4. The summed E-state index contributed by atoms with van der Waals surface area (Å²) in [5.41, 5.74) is 0.962. The largest absolute Gasteiger partial charge is 0.369 e. The first-order valence-corrected chi connectivity index (χ1v) is 7.64. The van der Waals surface area contributed by atoms with Gasteiger partial charge in [0.25, 0.3) is 0 Å². The average molecular weight is 273 g/mol. The maximum Gasteiger partial charge on any atom is 0.180 e. The summed E-state index contributed by atoms with van der Waals surface area (Å²) in [5.74, 6) is 2.75.